The van der Waals surface area contributed by atoms with Crippen LogP contribution in [-0.2, 0) is 4.74 Å². The first-order chi connectivity index (χ1) is 3.42. The van der Waals surface area contributed by atoms with Crippen molar-refractivity contribution in [1.29, 1.82) is 0 Å². The molecule has 0 spiro atoms. The van der Waals surface area contributed by atoms with Crippen LogP contribution in [0.15, 0.2) is 0 Å². The van der Waals surface area contributed by atoms with Gasteiger partial charge in [0.2, 0.25) is 0 Å². The van der Waals surface area contributed by atoms with Gasteiger partial charge in [0, 0.05) is 0 Å². The minimum atomic E-state index is -0.295. The van der Waals surface area contributed by atoms with E-state index in [1.165, 1.54) is 0 Å². The SMILES string of the molecule is CC(C)(C)O[C](=O)[SnH]. The van der Waals surface area contributed by atoms with Crippen LogP contribution in [0.1, 0.15) is 20.8 Å². The van der Waals surface area contributed by atoms with E-state index in [0.717, 1.165) is 0 Å². The van der Waals surface area contributed by atoms with Gasteiger partial charge in [-0.1, -0.05) is 0 Å². The molecule has 0 amide bonds. The Bertz CT molecular complexity index is 93.1. The number of rotatable bonds is 0. The van der Waals surface area contributed by atoms with Gasteiger partial charge in [0.1, 0.15) is 0 Å². The molecule has 0 saturated heterocycles. The zero-order valence-corrected chi connectivity index (χ0v) is 8.69. The quantitative estimate of drug-likeness (QED) is 0.566. The summed E-state index contributed by atoms with van der Waals surface area (Å²) in [7, 11) is 0. The molecule has 0 aliphatic heterocycles. The van der Waals surface area contributed by atoms with E-state index in [1.54, 1.807) is 0 Å². The maximum atomic E-state index is 10.3. The molecule has 0 bridgehead atoms. The number of ether oxygens (including phenoxy) is 1. The molecule has 0 heterocycles. The molecule has 0 unspecified atom stereocenters. The molecule has 46 valence electrons. The fourth-order valence-corrected chi connectivity index (χ4v) is 1.31. The molecule has 0 aliphatic rings. The fourth-order valence-electron chi connectivity index (χ4n) is 0.302. The summed E-state index contributed by atoms with van der Waals surface area (Å²) in [4.78, 5) is 10.3. The van der Waals surface area contributed by atoms with Crippen LogP contribution in [-0.4, -0.2) is 32.1 Å². The molecule has 8 heavy (non-hydrogen) atoms. The molecule has 2 nitrogen and oxygen atoms in total. The molecule has 0 aromatic heterocycles. The summed E-state index contributed by atoms with van der Waals surface area (Å²) in [5.41, 5.74) is -0.295. The summed E-state index contributed by atoms with van der Waals surface area (Å²) < 4.78 is 4.76. The van der Waals surface area contributed by atoms with Crippen molar-refractivity contribution in [3.8, 4) is 0 Å². The van der Waals surface area contributed by atoms with E-state index >= 15 is 0 Å². The van der Waals surface area contributed by atoms with Crippen molar-refractivity contribution in [3.63, 3.8) is 0 Å². The summed E-state index contributed by atoms with van der Waals surface area (Å²) in [5.74, 6) is 0. The van der Waals surface area contributed by atoms with Gasteiger partial charge in [0.05, 0.1) is 0 Å². The Labute approximate surface area is 62.7 Å². The summed E-state index contributed by atoms with van der Waals surface area (Å²) in [6, 6.07) is 0. The number of hydrogen-bond donors (Lipinski definition) is 0. The molecule has 0 aliphatic carbocycles. The number of carbonyl (C=O) groups is 1. The average molecular weight is 221 g/mol. The van der Waals surface area contributed by atoms with Crippen LogP contribution in [0.25, 0.3) is 0 Å². The number of hydrogen-bond acceptors (Lipinski definition) is 2. The van der Waals surface area contributed by atoms with E-state index in [0.29, 0.717) is 22.5 Å². The van der Waals surface area contributed by atoms with Crippen LogP contribution in [0.3, 0.4) is 0 Å². The Hall–Kier alpha value is 0.269. The van der Waals surface area contributed by atoms with Gasteiger partial charge in [-0.25, -0.2) is 0 Å². The van der Waals surface area contributed by atoms with Crippen molar-refractivity contribution in [2.24, 2.45) is 0 Å². The second-order valence-electron chi connectivity index (χ2n) is 2.53. The van der Waals surface area contributed by atoms with Crippen molar-refractivity contribution in [1.82, 2.24) is 0 Å². The second kappa shape index (κ2) is 2.71. The Morgan fingerprint density at radius 1 is 1.50 bits per heavy atom. The molecule has 0 saturated carbocycles. The third kappa shape index (κ3) is 6.27. The van der Waals surface area contributed by atoms with Gasteiger partial charge in [0.25, 0.3) is 0 Å². The predicted molar refractivity (Wildman–Crippen MR) is 33.4 cm³/mol. The van der Waals surface area contributed by atoms with E-state index in [9.17, 15) is 4.79 Å². The van der Waals surface area contributed by atoms with Crippen molar-refractivity contribution in [2.45, 2.75) is 26.4 Å². The monoisotopic (exact) mass is 222 g/mol. The van der Waals surface area contributed by atoms with E-state index in [1.807, 2.05) is 20.8 Å². The van der Waals surface area contributed by atoms with Crippen LogP contribution in [0.4, 0.5) is 4.79 Å². The molecule has 0 atom stereocenters. The molecular formula is C5H10O2Sn. The Morgan fingerprint density at radius 2 is 1.88 bits per heavy atom. The molecule has 0 N–H and O–H groups in total. The van der Waals surface area contributed by atoms with Crippen molar-refractivity contribution >= 4 is 26.5 Å². The van der Waals surface area contributed by atoms with Gasteiger partial charge < -0.3 is 0 Å². The van der Waals surface area contributed by atoms with E-state index in [2.05, 4.69) is 0 Å². The van der Waals surface area contributed by atoms with Gasteiger partial charge >= 0.3 is 62.4 Å². The summed E-state index contributed by atoms with van der Waals surface area (Å²) in [6.45, 7) is 5.59. The fraction of sp³-hybridized carbons (Fsp3) is 0.800. The Morgan fingerprint density at radius 3 is 1.88 bits per heavy atom. The summed E-state index contributed by atoms with van der Waals surface area (Å²) in [5, 5.41) is 0. The van der Waals surface area contributed by atoms with Gasteiger partial charge in [0.15, 0.2) is 0 Å². The first-order valence-corrected chi connectivity index (χ1v) is 4.05. The Kier molecular flexibility index (Phi) is 2.80. The Balaban J connectivity index is 3.55. The van der Waals surface area contributed by atoms with Crippen LogP contribution >= 0.6 is 0 Å². The van der Waals surface area contributed by atoms with E-state index in [-0.39, 0.29) is 9.59 Å². The van der Waals surface area contributed by atoms with Crippen molar-refractivity contribution in [3.05, 3.63) is 0 Å². The van der Waals surface area contributed by atoms with Crippen LogP contribution in [0.2, 0.25) is 0 Å². The van der Waals surface area contributed by atoms with E-state index in [4.69, 9.17) is 4.74 Å². The zero-order chi connectivity index (χ0) is 6.78. The van der Waals surface area contributed by atoms with Crippen molar-refractivity contribution < 1.29 is 9.53 Å². The van der Waals surface area contributed by atoms with Crippen LogP contribution < -0.4 is 0 Å². The first kappa shape index (κ1) is 8.27. The third-order valence-corrected chi connectivity index (χ3v) is 0.743. The van der Waals surface area contributed by atoms with E-state index < -0.39 is 0 Å². The van der Waals surface area contributed by atoms with Crippen LogP contribution in [0, 0.1) is 0 Å². The molecule has 0 aromatic rings. The maximum absolute atomic E-state index is 10.3. The van der Waals surface area contributed by atoms with Gasteiger partial charge in [-0.2, -0.15) is 0 Å². The summed E-state index contributed by atoms with van der Waals surface area (Å²) in [6.07, 6.45) is 0. The van der Waals surface area contributed by atoms with Gasteiger partial charge in [-0.05, 0) is 0 Å². The van der Waals surface area contributed by atoms with Gasteiger partial charge in [-0.3, -0.25) is 0 Å². The average Bonchev–Trinajstić information content (AvgIpc) is 1.21. The zero-order valence-electron chi connectivity index (χ0n) is 5.39. The minimum absolute atomic E-state index is 0.0945. The topological polar surface area (TPSA) is 26.3 Å². The first-order valence-electron chi connectivity index (χ1n) is 2.40. The molecule has 0 fully saturated rings. The third-order valence-electron chi connectivity index (χ3n) is 0.407. The second-order valence-corrected chi connectivity index (χ2v) is 3.88. The molecule has 0 rings (SSSR count). The molecule has 0 aromatic carbocycles. The molecule has 2 radical (unpaired) electrons. The van der Waals surface area contributed by atoms with Gasteiger partial charge in [-0.15, -0.1) is 0 Å². The summed E-state index contributed by atoms with van der Waals surface area (Å²) >= 11 is 0.548. The predicted octanol–water partition coefficient (Wildman–Crippen LogP) is 0.822. The standard InChI is InChI=1S/C5H9O2.Sn.H/c1-5(2,3)7-4-6;;/h1-3H3;;. The molecule has 3 heteroatoms. The molecular weight excluding hydrogens is 211 g/mol. The normalized spacial score (nSPS) is 11.0. The van der Waals surface area contributed by atoms with Crippen molar-refractivity contribution in [2.75, 3.05) is 0 Å². The number of carbonyl (C=O) groups excluding carboxylic acids is 1. The van der Waals surface area contributed by atoms with Crippen LogP contribution in [0.5, 0.6) is 0 Å².